The summed E-state index contributed by atoms with van der Waals surface area (Å²) in [6, 6.07) is 10.2. The monoisotopic (exact) mass is 271 g/mol. The standard InChI is InChI=1S/C12H15N3.2ClH/c1-13-7-9-15-10-8-14-12(15)11-5-3-2-4-6-11;;/h2-6,8,10,13H,7,9H2,1H3;2*1H/p-2. The molecule has 0 atom stereocenters. The normalized spacial score (nSPS) is 9.24. The van der Waals surface area contributed by atoms with Crippen LogP contribution in [0.1, 0.15) is 0 Å². The smallest absolute Gasteiger partial charge is 0.139 e. The predicted octanol–water partition coefficient (Wildman–Crippen LogP) is -4.22. The Morgan fingerprint density at radius 1 is 1.18 bits per heavy atom. The Morgan fingerprint density at radius 2 is 1.88 bits per heavy atom. The maximum Gasteiger partial charge on any atom is 0.139 e. The first-order chi connectivity index (χ1) is 7.42. The summed E-state index contributed by atoms with van der Waals surface area (Å²) in [4.78, 5) is 4.37. The van der Waals surface area contributed by atoms with Crippen LogP contribution in [0, 0.1) is 0 Å². The second kappa shape index (κ2) is 8.12. The van der Waals surface area contributed by atoms with Crippen molar-refractivity contribution >= 4 is 0 Å². The molecule has 0 amide bonds. The molecule has 1 aromatic heterocycles. The molecule has 0 unspecified atom stereocenters. The lowest BCUT2D eigenvalue weighted by Crippen LogP contribution is -3.00. The van der Waals surface area contributed by atoms with Gasteiger partial charge >= 0.3 is 0 Å². The summed E-state index contributed by atoms with van der Waals surface area (Å²) in [6.45, 7) is 1.90. The third-order valence-corrected chi connectivity index (χ3v) is 2.35. The average molecular weight is 272 g/mol. The number of nitrogens with zero attached hydrogens (tertiary/aromatic N) is 2. The number of imidazole rings is 1. The van der Waals surface area contributed by atoms with Gasteiger partial charge in [-0.1, -0.05) is 30.3 Å². The fraction of sp³-hybridized carbons (Fsp3) is 0.250. The minimum Gasteiger partial charge on any atom is -1.00 e. The largest absolute Gasteiger partial charge is 1.00 e. The van der Waals surface area contributed by atoms with Crippen molar-refractivity contribution in [2.75, 3.05) is 13.6 Å². The SMILES string of the molecule is CNCCn1ccnc1-c1ccccc1.[Cl-].[Cl-]. The molecule has 17 heavy (non-hydrogen) atoms. The summed E-state index contributed by atoms with van der Waals surface area (Å²) in [5, 5.41) is 3.14. The van der Waals surface area contributed by atoms with Crippen molar-refractivity contribution in [1.82, 2.24) is 14.9 Å². The zero-order valence-electron chi connectivity index (χ0n) is 9.61. The van der Waals surface area contributed by atoms with E-state index in [1.165, 1.54) is 5.56 Å². The van der Waals surface area contributed by atoms with Crippen LogP contribution in [0.25, 0.3) is 11.4 Å². The van der Waals surface area contributed by atoms with Crippen LogP contribution in [0.4, 0.5) is 0 Å². The van der Waals surface area contributed by atoms with Gasteiger partial charge < -0.3 is 34.7 Å². The van der Waals surface area contributed by atoms with E-state index >= 15 is 0 Å². The summed E-state index contributed by atoms with van der Waals surface area (Å²) < 4.78 is 2.16. The van der Waals surface area contributed by atoms with Gasteiger partial charge in [-0.2, -0.15) is 0 Å². The highest BCUT2D eigenvalue weighted by Crippen LogP contribution is 2.16. The van der Waals surface area contributed by atoms with E-state index < -0.39 is 0 Å². The van der Waals surface area contributed by atoms with Crippen LogP contribution in [0.2, 0.25) is 0 Å². The lowest BCUT2D eigenvalue weighted by atomic mass is 10.2. The lowest BCUT2D eigenvalue weighted by Gasteiger charge is -2.06. The zero-order valence-corrected chi connectivity index (χ0v) is 11.1. The van der Waals surface area contributed by atoms with Crippen molar-refractivity contribution in [3.8, 4) is 11.4 Å². The van der Waals surface area contributed by atoms with Gasteiger partial charge in [-0.15, -0.1) is 0 Å². The molecule has 0 radical (unpaired) electrons. The van der Waals surface area contributed by atoms with E-state index in [-0.39, 0.29) is 24.8 Å². The van der Waals surface area contributed by atoms with Crippen molar-refractivity contribution in [2.24, 2.45) is 0 Å². The van der Waals surface area contributed by atoms with Gasteiger partial charge in [0.05, 0.1) is 0 Å². The molecule has 0 spiro atoms. The number of rotatable bonds is 4. The Hall–Kier alpha value is -1.03. The third kappa shape index (κ3) is 4.04. The molecule has 2 aromatic rings. The molecule has 1 heterocycles. The molecule has 94 valence electrons. The van der Waals surface area contributed by atoms with E-state index in [0.29, 0.717) is 0 Å². The molecule has 0 saturated heterocycles. The van der Waals surface area contributed by atoms with E-state index in [0.717, 1.165) is 18.9 Å². The highest BCUT2D eigenvalue weighted by atomic mass is 35.5. The van der Waals surface area contributed by atoms with Gasteiger partial charge in [0.2, 0.25) is 0 Å². The molecule has 0 aliphatic heterocycles. The summed E-state index contributed by atoms with van der Waals surface area (Å²) in [6.07, 6.45) is 3.86. The van der Waals surface area contributed by atoms with Crippen LogP contribution in [0.5, 0.6) is 0 Å². The summed E-state index contributed by atoms with van der Waals surface area (Å²) in [7, 11) is 1.96. The van der Waals surface area contributed by atoms with Gasteiger partial charge in [0, 0.05) is 31.0 Å². The summed E-state index contributed by atoms with van der Waals surface area (Å²) >= 11 is 0. The van der Waals surface area contributed by atoms with Gasteiger partial charge in [0.15, 0.2) is 0 Å². The molecule has 0 aliphatic carbocycles. The maximum absolute atomic E-state index is 4.37. The lowest BCUT2D eigenvalue weighted by molar-refractivity contribution is -0.001000. The first kappa shape index (κ1) is 16.0. The molecular weight excluding hydrogens is 257 g/mol. The number of benzene rings is 1. The van der Waals surface area contributed by atoms with Crippen LogP contribution in [0.3, 0.4) is 0 Å². The molecule has 0 fully saturated rings. The van der Waals surface area contributed by atoms with E-state index in [4.69, 9.17) is 0 Å². The Labute approximate surface area is 114 Å². The predicted molar refractivity (Wildman–Crippen MR) is 61.6 cm³/mol. The first-order valence-electron chi connectivity index (χ1n) is 5.13. The van der Waals surface area contributed by atoms with E-state index in [1.54, 1.807) is 0 Å². The molecule has 2 rings (SSSR count). The van der Waals surface area contributed by atoms with Crippen LogP contribution < -0.4 is 30.1 Å². The second-order valence-corrected chi connectivity index (χ2v) is 3.41. The Bertz CT molecular complexity index is 415. The molecule has 1 N–H and O–H groups in total. The van der Waals surface area contributed by atoms with Crippen molar-refractivity contribution in [3.63, 3.8) is 0 Å². The number of hydrogen-bond acceptors (Lipinski definition) is 2. The van der Waals surface area contributed by atoms with Gasteiger partial charge in [0.25, 0.3) is 0 Å². The minimum absolute atomic E-state index is 0. The second-order valence-electron chi connectivity index (χ2n) is 3.41. The zero-order chi connectivity index (χ0) is 10.5. The number of aromatic nitrogens is 2. The van der Waals surface area contributed by atoms with Gasteiger partial charge in [-0.25, -0.2) is 4.98 Å². The Morgan fingerprint density at radius 3 is 2.53 bits per heavy atom. The highest BCUT2D eigenvalue weighted by Gasteiger charge is 2.03. The van der Waals surface area contributed by atoms with Crippen LogP contribution in [-0.4, -0.2) is 23.1 Å². The molecular formula is C12H15Cl2N3-2. The topological polar surface area (TPSA) is 29.9 Å². The van der Waals surface area contributed by atoms with E-state index in [1.807, 2.05) is 37.6 Å². The van der Waals surface area contributed by atoms with Crippen LogP contribution >= 0.6 is 0 Å². The minimum atomic E-state index is 0. The van der Waals surface area contributed by atoms with Crippen LogP contribution in [-0.2, 0) is 6.54 Å². The van der Waals surface area contributed by atoms with E-state index in [9.17, 15) is 0 Å². The van der Waals surface area contributed by atoms with Crippen molar-refractivity contribution in [1.29, 1.82) is 0 Å². The maximum atomic E-state index is 4.37. The molecule has 5 heteroatoms. The first-order valence-corrected chi connectivity index (χ1v) is 5.13. The molecule has 1 aromatic carbocycles. The molecule has 3 nitrogen and oxygen atoms in total. The summed E-state index contributed by atoms with van der Waals surface area (Å²) in [5.74, 6) is 1.03. The van der Waals surface area contributed by atoms with E-state index in [2.05, 4.69) is 27.0 Å². The van der Waals surface area contributed by atoms with Gasteiger partial charge in [0.1, 0.15) is 5.82 Å². The number of hydrogen-bond donors (Lipinski definition) is 1. The Kier molecular flexibility index (Phi) is 7.63. The molecule has 0 saturated carbocycles. The number of nitrogens with one attached hydrogen (secondary N) is 1. The molecule has 0 aliphatic rings. The third-order valence-electron chi connectivity index (χ3n) is 2.35. The van der Waals surface area contributed by atoms with Gasteiger partial charge in [-0.3, -0.25) is 0 Å². The number of halogens is 2. The average Bonchev–Trinajstić information content (AvgIpc) is 2.75. The Balaban J connectivity index is 0.00000128. The summed E-state index contributed by atoms with van der Waals surface area (Å²) in [5.41, 5.74) is 1.17. The van der Waals surface area contributed by atoms with Crippen molar-refractivity contribution in [2.45, 2.75) is 6.54 Å². The molecule has 0 bridgehead atoms. The highest BCUT2D eigenvalue weighted by molar-refractivity contribution is 5.55. The fourth-order valence-electron chi connectivity index (χ4n) is 1.57. The van der Waals surface area contributed by atoms with Gasteiger partial charge in [-0.05, 0) is 7.05 Å². The number of likely N-dealkylation sites (N-methyl/N-ethyl adjacent to an activating group) is 1. The van der Waals surface area contributed by atoms with Crippen molar-refractivity contribution < 1.29 is 24.8 Å². The fourth-order valence-corrected chi connectivity index (χ4v) is 1.57. The van der Waals surface area contributed by atoms with Crippen molar-refractivity contribution in [3.05, 3.63) is 42.7 Å². The quantitative estimate of drug-likeness (QED) is 0.611. The van der Waals surface area contributed by atoms with Crippen LogP contribution in [0.15, 0.2) is 42.7 Å².